The Morgan fingerprint density at radius 1 is 1.05 bits per heavy atom. The van der Waals surface area contributed by atoms with Gasteiger partial charge in [-0.05, 0) is 37.9 Å². The van der Waals surface area contributed by atoms with Gasteiger partial charge in [0.1, 0.15) is 0 Å². The predicted octanol–water partition coefficient (Wildman–Crippen LogP) is 1.59. The van der Waals surface area contributed by atoms with E-state index in [9.17, 15) is 0 Å². The number of ether oxygens (including phenoxy) is 1. The molecule has 2 rings (SSSR count). The first kappa shape index (κ1) is 16.2. The largest absolute Gasteiger partial charge is 0.378 e. The highest BCUT2D eigenvalue weighted by molar-refractivity contribution is 5.38. The van der Waals surface area contributed by atoms with Crippen LogP contribution in [0.25, 0.3) is 0 Å². The predicted molar refractivity (Wildman–Crippen MR) is 86.1 cm³/mol. The minimum atomic E-state index is 0.772. The van der Waals surface area contributed by atoms with E-state index in [2.05, 4.69) is 31.0 Å². The molecule has 0 radical (unpaired) electrons. The summed E-state index contributed by atoms with van der Waals surface area (Å²) in [6, 6.07) is 0. The summed E-state index contributed by atoms with van der Waals surface area (Å²) in [6.07, 6.45) is 2.95. The fraction of sp³-hybridized carbons (Fsp3) is 0.750. The van der Waals surface area contributed by atoms with Gasteiger partial charge in [-0.3, -0.25) is 0 Å². The van der Waals surface area contributed by atoms with E-state index in [1.54, 1.807) is 0 Å². The molecule has 0 amide bonds. The summed E-state index contributed by atoms with van der Waals surface area (Å²) in [4.78, 5) is 11.9. The molecule has 5 nitrogen and oxygen atoms in total. The van der Waals surface area contributed by atoms with Gasteiger partial charge in [-0.1, -0.05) is 20.8 Å². The van der Waals surface area contributed by atoms with E-state index < -0.39 is 0 Å². The highest BCUT2D eigenvalue weighted by Gasteiger charge is 2.18. The number of nitrogens with zero attached hydrogens (tertiary/aromatic N) is 3. The molecule has 1 aliphatic heterocycles. The lowest BCUT2D eigenvalue weighted by atomic mass is 10.0. The fourth-order valence-electron chi connectivity index (χ4n) is 2.74. The van der Waals surface area contributed by atoms with Crippen molar-refractivity contribution in [3.63, 3.8) is 0 Å². The monoisotopic (exact) mass is 292 g/mol. The zero-order chi connectivity index (χ0) is 15.1. The van der Waals surface area contributed by atoms with E-state index in [1.807, 2.05) is 0 Å². The van der Waals surface area contributed by atoms with Crippen LogP contribution < -0.4 is 10.2 Å². The van der Waals surface area contributed by atoms with Crippen molar-refractivity contribution in [1.82, 2.24) is 15.3 Å². The lowest BCUT2D eigenvalue weighted by Crippen LogP contribution is -2.37. The Hall–Kier alpha value is -1.20. The molecule has 118 valence electrons. The van der Waals surface area contributed by atoms with E-state index in [1.165, 1.54) is 17.0 Å². The average Bonchev–Trinajstić information content (AvgIpc) is 2.55. The van der Waals surface area contributed by atoms with Crippen LogP contribution in [-0.2, 0) is 24.0 Å². The third-order valence-electron chi connectivity index (χ3n) is 3.93. The third kappa shape index (κ3) is 4.14. The molecule has 0 saturated carbocycles. The lowest BCUT2D eigenvalue weighted by molar-refractivity contribution is 0.122. The molecule has 1 aromatic heterocycles. The Bertz CT molecular complexity index is 419. The van der Waals surface area contributed by atoms with E-state index in [4.69, 9.17) is 14.7 Å². The molecular formula is C16H28N4O. The van der Waals surface area contributed by atoms with Gasteiger partial charge in [-0.2, -0.15) is 0 Å². The first-order valence-corrected chi connectivity index (χ1v) is 8.22. The van der Waals surface area contributed by atoms with Crippen molar-refractivity contribution < 1.29 is 4.74 Å². The van der Waals surface area contributed by atoms with Crippen molar-refractivity contribution in [2.24, 2.45) is 0 Å². The summed E-state index contributed by atoms with van der Waals surface area (Å²) in [5.41, 5.74) is 3.76. The van der Waals surface area contributed by atoms with Gasteiger partial charge < -0.3 is 15.0 Å². The fourth-order valence-corrected chi connectivity index (χ4v) is 2.74. The molecule has 0 aliphatic carbocycles. The molecule has 1 N–H and O–H groups in total. The second-order valence-corrected chi connectivity index (χ2v) is 5.31. The average molecular weight is 292 g/mol. The van der Waals surface area contributed by atoms with Crippen LogP contribution in [0.4, 0.5) is 5.95 Å². The standard InChI is InChI=1S/C16H28N4O/c1-4-14-13(7-8-17-6-3)15(5-2)19-16(18-14)20-9-11-21-12-10-20/h17H,4-12H2,1-3H3. The Labute approximate surface area is 128 Å². The van der Waals surface area contributed by atoms with Crippen LogP contribution in [-0.4, -0.2) is 49.4 Å². The first-order valence-electron chi connectivity index (χ1n) is 8.22. The maximum atomic E-state index is 5.42. The van der Waals surface area contributed by atoms with Crippen LogP contribution in [0.3, 0.4) is 0 Å². The van der Waals surface area contributed by atoms with Gasteiger partial charge in [0.15, 0.2) is 0 Å². The van der Waals surface area contributed by atoms with Gasteiger partial charge in [-0.15, -0.1) is 0 Å². The highest BCUT2D eigenvalue weighted by atomic mass is 16.5. The molecule has 1 fully saturated rings. The molecule has 1 aromatic rings. The molecule has 1 aliphatic rings. The second kappa shape index (κ2) is 8.29. The number of hydrogen-bond acceptors (Lipinski definition) is 5. The molecule has 0 atom stereocenters. The molecule has 1 saturated heterocycles. The maximum Gasteiger partial charge on any atom is 0.225 e. The first-order chi connectivity index (χ1) is 10.3. The normalized spacial score (nSPS) is 15.5. The number of aromatic nitrogens is 2. The van der Waals surface area contributed by atoms with Gasteiger partial charge in [0, 0.05) is 24.5 Å². The van der Waals surface area contributed by atoms with Crippen molar-refractivity contribution >= 4 is 5.95 Å². The molecule has 0 aromatic carbocycles. The summed E-state index contributed by atoms with van der Waals surface area (Å²) in [5, 5.41) is 3.39. The molecule has 5 heteroatoms. The molecular weight excluding hydrogens is 264 g/mol. The Balaban J connectivity index is 2.24. The van der Waals surface area contributed by atoms with Gasteiger partial charge in [-0.25, -0.2) is 9.97 Å². The molecule has 2 heterocycles. The van der Waals surface area contributed by atoms with Crippen molar-refractivity contribution in [2.75, 3.05) is 44.3 Å². The van der Waals surface area contributed by atoms with Crippen LogP contribution in [0.5, 0.6) is 0 Å². The van der Waals surface area contributed by atoms with Crippen LogP contribution in [0.15, 0.2) is 0 Å². The summed E-state index contributed by atoms with van der Waals surface area (Å²) in [7, 11) is 0. The van der Waals surface area contributed by atoms with Crippen LogP contribution in [0.2, 0.25) is 0 Å². The van der Waals surface area contributed by atoms with Gasteiger partial charge in [0.2, 0.25) is 5.95 Å². The highest BCUT2D eigenvalue weighted by Crippen LogP contribution is 2.19. The molecule has 0 spiro atoms. The van der Waals surface area contributed by atoms with Crippen LogP contribution >= 0.6 is 0 Å². The van der Waals surface area contributed by atoms with Crippen molar-refractivity contribution in [1.29, 1.82) is 0 Å². The molecule has 21 heavy (non-hydrogen) atoms. The Morgan fingerprint density at radius 2 is 1.67 bits per heavy atom. The number of anilines is 1. The number of morpholine rings is 1. The lowest BCUT2D eigenvalue weighted by Gasteiger charge is -2.28. The van der Waals surface area contributed by atoms with Gasteiger partial charge in [0.05, 0.1) is 13.2 Å². The Kier molecular flexibility index (Phi) is 6.39. The summed E-state index contributed by atoms with van der Waals surface area (Å²) in [6.45, 7) is 11.8. The molecule has 0 unspecified atom stereocenters. The quantitative estimate of drug-likeness (QED) is 0.774. The number of hydrogen-bond donors (Lipinski definition) is 1. The van der Waals surface area contributed by atoms with Gasteiger partial charge in [0.25, 0.3) is 0 Å². The Morgan fingerprint density at radius 3 is 2.19 bits per heavy atom. The zero-order valence-corrected chi connectivity index (χ0v) is 13.6. The topological polar surface area (TPSA) is 50.3 Å². The van der Waals surface area contributed by atoms with Crippen molar-refractivity contribution in [3.05, 3.63) is 17.0 Å². The summed E-state index contributed by atoms with van der Waals surface area (Å²) < 4.78 is 5.42. The van der Waals surface area contributed by atoms with Crippen molar-refractivity contribution in [2.45, 2.75) is 40.0 Å². The van der Waals surface area contributed by atoms with Crippen LogP contribution in [0.1, 0.15) is 37.7 Å². The third-order valence-corrected chi connectivity index (χ3v) is 3.93. The van der Waals surface area contributed by atoms with Gasteiger partial charge >= 0.3 is 0 Å². The van der Waals surface area contributed by atoms with E-state index in [0.29, 0.717) is 0 Å². The van der Waals surface area contributed by atoms with Crippen LogP contribution in [0, 0.1) is 0 Å². The second-order valence-electron chi connectivity index (χ2n) is 5.31. The van der Waals surface area contributed by atoms with E-state index in [-0.39, 0.29) is 0 Å². The maximum absolute atomic E-state index is 5.42. The van der Waals surface area contributed by atoms with E-state index in [0.717, 1.165) is 64.6 Å². The number of aryl methyl sites for hydroxylation is 2. The number of likely N-dealkylation sites (N-methyl/N-ethyl adjacent to an activating group) is 1. The summed E-state index contributed by atoms with van der Waals surface area (Å²) >= 11 is 0. The number of nitrogens with one attached hydrogen (secondary N) is 1. The number of rotatable bonds is 7. The SMILES string of the molecule is CCNCCc1c(CC)nc(N2CCOCC2)nc1CC. The van der Waals surface area contributed by atoms with E-state index >= 15 is 0 Å². The zero-order valence-electron chi connectivity index (χ0n) is 13.6. The minimum absolute atomic E-state index is 0.772. The minimum Gasteiger partial charge on any atom is -0.378 e. The molecule has 0 bridgehead atoms. The summed E-state index contributed by atoms with van der Waals surface area (Å²) in [5.74, 6) is 0.888. The van der Waals surface area contributed by atoms with Crippen molar-refractivity contribution in [3.8, 4) is 0 Å². The smallest absolute Gasteiger partial charge is 0.225 e.